The van der Waals surface area contributed by atoms with Crippen LogP contribution in [0.1, 0.15) is 45.4 Å². The molecule has 4 rings (SSSR count). The van der Waals surface area contributed by atoms with Gasteiger partial charge in [-0.3, -0.25) is 0 Å². The lowest BCUT2D eigenvalue weighted by Crippen LogP contribution is -2.34. The second-order valence-electron chi connectivity index (χ2n) is 8.33. The molecule has 2 aliphatic rings. The number of rotatable bonds is 8. The monoisotopic (exact) mass is 425 g/mol. The fraction of sp³-hybridized carbons (Fsp3) is 0.609. The Bertz CT molecular complexity index is 781. The number of likely N-dealkylation sites (N-methyl/N-ethyl adjacent to an activating group) is 1. The molecule has 2 aliphatic heterocycles. The Hall–Kier alpha value is -2.61. The molecule has 0 atom stereocenters. The van der Waals surface area contributed by atoms with Crippen LogP contribution in [0.2, 0.25) is 0 Å². The Balaban J connectivity index is 1.56. The molecule has 0 saturated carbocycles. The number of aliphatic hydroxyl groups excluding tert-OH is 1. The van der Waals surface area contributed by atoms with Crippen LogP contribution in [0.3, 0.4) is 0 Å². The quantitative estimate of drug-likeness (QED) is 0.666. The maximum Gasteiger partial charge on any atom is 0.233 e. The maximum absolute atomic E-state index is 9.26. The van der Waals surface area contributed by atoms with Gasteiger partial charge in [0.25, 0.3) is 0 Å². The van der Waals surface area contributed by atoms with E-state index >= 15 is 0 Å². The SMILES string of the molecule is CCN(CCO)c1ccc(Nc2nc(N3CCCCC3)nc(N3CCCCC3)n2)cc1. The summed E-state index contributed by atoms with van der Waals surface area (Å²) in [6.07, 6.45) is 7.33. The van der Waals surface area contributed by atoms with Gasteiger partial charge in [0.15, 0.2) is 0 Å². The van der Waals surface area contributed by atoms with Gasteiger partial charge in [0.2, 0.25) is 17.8 Å². The molecule has 168 valence electrons. The summed E-state index contributed by atoms with van der Waals surface area (Å²) in [5.74, 6) is 2.18. The molecular weight excluding hydrogens is 390 g/mol. The minimum absolute atomic E-state index is 0.150. The van der Waals surface area contributed by atoms with Gasteiger partial charge in [-0.05, 0) is 69.7 Å². The average Bonchev–Trinajstić information content (AvgIpc) is 2.84. The number of benzene rings is 1. The van der Waals surface area contributed by atoms with E-state index in [4.69, 9.17) is 15.0 Å². The van der Waals surface area contributed by atoms with Crippen LogP contribution in [-0.4, -0.2) is 65.9 Å². The van der Waals surface area contributed by atoms with Crippen LogP contribution in [0.25, 0.3) is 0 Å². The molecule has 2 fully saturated rings. The second-order valence-corrected chi connectivity index (χ2v) is 8.33. The van der Waals surface area contributed by atoms with Crippen LogP contribution in [0.5, 0.6) is 0 Å². The average molecular weight is 426 g/mol. The second kappa shape index (κ2) is 10.6. The van der Waals surface area contributed by atoms with Crippen molar-refractivity contribution in [2.24, 2.45) is 0 Å². The van der Waals surface area contributed by atoms with Crippen LogP contribution in [0.15, 0.2) is 24.3 Å². The minimum Gasteiger partial charge on any atom is -0.395 e. The van der Waals surface area contributed by atoms with Crippen molar-refractivity contribution in [1.82, 2.24) is 15.0 Å². The van der Waals surface area contributed by atoms with Gasteiger partial charge in [-0.25, -0.2) is 0 Å². The Kier molecular flexibility index (Phi) is 7.40. The molecule has 0 bridgehead atoms. The third kappa shape index (κ3) is 5.55. The molecule has 1 aromatic carbocycles. The number of piperidine rings is 2. The molecule has 1 aromatic heterocycles. The molecule has 8 heteroatoms. The number of aromatic nitrogens is 3. The number of nitrogens with one attached hydrogen (secondary N) is 1. The van der Waals surface area contributed by atoms with Crippen molar-refractivity contribution in [3.63, 3.8) is 0 Å². The van der Waals surface area contributed by atoms with E-state index in [1.807, 2.05) is 12.1 Å². The van der Waals surface area contributed by atoms with Crippen LogP contribution in [0, 0.1) is 0 Å². The van der Waals surface area contributed by atoms with Gasteiger partial charge < -0.3 is 25.1 Å². The number of nitrogens with zero attached hydrogens (tertiary/aromatic N) is 6. The van der Waals surface area contributed by atoms with Gasteiger partial charge in [0, 0.05) is 50.6 Å². The third-order valence-corrected chi connectivity index (χ3v) is 6.13. The molecule has 2 N–H and O–H groups in total. The lowest BCUT2D eigenvalue weighted by molar-refractivity contribution is 0.302. The van der Waals surface area contributed by atoms with E-state index in [1.165, 1.54) is 38.5 Å². The van der Waals surface area contributed by atoms with Gasteiger partial charge in [0.1, 0.15) is 0 Å². The van der Waals surface area contributed by atoms with E-state index in [1.54, 1.807) is 0 Å². The van der Waals surface area contributed by atoms with E-state index in [2.05, 4.69) is 39.1 Å². The van der Waals surface area contributed by atoms with E-state index in [9.17, 15) is 5.11 Å². The Morgan fingerprint density at radius 2 is 1.39 bits per heavy atom. The van der Waals surface area contributed by atoms with Crippen molar-refractivity contribution >= 4 is 29.2 Å². The predicted molar refractivity (Wildman–Crippen MR) is 127 cm³/mol. The molecule has 0 aliphatic carbocycles. The number of aliphatic hydroxyl groups is 1. The topological polar surface area (TPSA) is 80.7 Å². The lowest BCUT2D eigenvalue weighted by atomic mass is 10.1. The molecule has 3 heterocycles. The summed E-state index contributed by atoms with van der Waals surface area (Å²) in [7, 11) is 0. The molecule has 8 nitrogen and oxygen atoms in total. The zero-order valence-corrected chi connectivity index (χ0v) is 18.6. The summed E-state index contributed by atoms with van der Waals surface area (Å²) in [6.45, 7) is 7.78. The van der Waals surface area contributed by atoms with Crippen molar-refractivity contribution < 1.29 is 5.11 Å². The summed E-state index contributed by atoms with van der Waals surface area (Å²) in [5.41, 5.74) is 2.05. The highest BCUT2D eigenvalue weighted by Crippen LogP contribution is 2.25. The van der Waals surface area contributed by atoms with Crippen molar-refractivity contribution in [3.05, 3.63) is 24.3 Å². The predicted octanol–water partition coefficient (Wildman–Crippen LogP) is 3.41. The van der Waals surface area contributed by atoms with E-state index in [0.717, 1.165) is 56.0 Å². The van der Waals surface area contributed by atoms with E-state index in [0.29, 0.717) is 12.5 Å². The van der Waals surface area contributed by atoms with Gasteiger partial charge in [-0.1, -0.05) is 0 Å². The molecule has 0 unspecified atom stereocenters. The first-order valence-electron chi connectivity index (χ1n) is 11.8. The minimum atomic E-state index is 0.150. The highest BCUT2D eigenvalue weighted by Gasteiger charge is 2.20. The largest absolute Gasteiger partial charge is 0.395 e. The zero-order chi connectivity index (χ0) is 21.5. The number of hydrogen-bond acceptors (Lipinski definition) is 8. The standard InChI is InChI=1S/C23H35N7O/c1-2-28(17-18-31)20-11-9-19(10-12-20)24-21-25-22(29-13-5-3-6-14-29)27-23(26-21)30-15-7-4-8-16-30/h9-12,31H,2-8,13-18H2,1H3,(H,24,25,26,27). The summed E-state index contributed by atoms with van der Waals surface area (Å²) in [6, 6.07) is 8.22. The van der Waals surface area contributed by atoms with Crippen molar-refractivity contribution in [1.29, 1.82) is 0 Å². The third-order valence-electron chi connectivity index (χ3n) is 6.13. The fourth-order valence-electron chi connectivity index (χ4n) is 4.36. The number of anilines is 5. The highest BCUT2D eigenvalue weighted by molar-refractivity contribution is 5.60. The first-order chi connectivity index (χ1) is 15.3. The molecule has 2 saturated heterocycles. The fourth-order valence-corrected chi connectivity index (χ4v) is 4.36. The Morgan fingerprint density at radius 1 is 0.839 bits per heavy atom. The summed E-state index contributed by atoms with van der Waals surface area (Å²) in [4.78, 5) is 21.1. The van der Waals surface area contributed by atoms with Crippen LogP contribution < -0.4 is 20.0 Å². The van der Waals surface area contributed by atoms with Gasteiger partial charge in [0.05, 0.1) is 6.61 Å². The molecule has 0 amide bonds. The van der Waals surface area contributed by atoms with Crippen molar-refractivity contribution in [3.8, 4) is 0 Å². The molecule has 2 aromatic rings. The van der Waals surface area contributed by atoms with Crippen molar-refractivity contribution in [2.75, 3.05) is 65.9 Å². The van der Waals surface area contributed by atoms with Crippen LogP contribution in [-0.2, 0) is 0 Å². The summed E-state index contributed by atoms with van der Waals surface area (Å²) in [5, 5.41) is 12.7. The highest BCUT2D eigenvalue weighted by atomic mass is 16.3. The summed E-state index contributed by atoms with van der Waals surface area (Å²) >= 11 is 0. The van der Waals surface area contributed by atoms with Crippen LogP contribution in [0.4, 0.5) is 29.2 Å². The van der Waals surface area contributed by atoms with Gasteiger partial charge in [-0.2, -0.15) is 15.0 Å². The molecule has 0 radical (unpaired) electrons. The lowest BCUT2D eigenvalue weighted by Gasteiger charge is -2.30. The van der Waals surface area contributed by atoms with E-state index in [-0.39, 0.29) is 6.61 Å². The molecule has 0 spiro atoms. The van der Waals surface area contributed by atoms with E-state index < -0.39 is 0 Å². The molecular formula is C23H35N7O. The number of hydrogen-bond donors (Lipinski definition) is 2. The molecule has 31 heavy (non-hydrogen) atoms. The van der Waals surface area contributed by atoms with Gasteiger partial charge >= 0.3 is 0 Å². The zero-order valence-electron chi connectivity index (χ0n) is 18.6. The maximum atomic E-state index is 9.26. The van der Waals surface area contributed by atoms with Crippen molar-refractivity contribution in [2.45, 2.75) is 45.4 Å². The first kappa shape index (κ1) is 21.6. The summed E-state index contributed by atoms with van der Waals surface area (Å²) < 4.78 is 0. The van der Waals surface area contributed by atoms with Gasteiger partial charge in [-0.15, -0.1) is 0 Å². The Labute approximate surface area is 185 Å². The smallest absolute Gasteiger partial charge is 0.233 e. The van der Waals surface area contributed by atoms with Crippen LogP contribution >= 0.6 is 0 Å². The normalized spacial score (nSPS) is 17.0. The Morgan fingerprint density at radius 3 is 1.87 bits per heavy atom. The first-order valence-corrected chi connectivity index (χ1v) is 11.8.